The molecule has 1 amide bonds. The summed E-state index contributed by atoms with van der Waals surface area (Å²) in [5, 5.41) is 0. The smallest absolute Gasteiger partial charge is 0.253 e. The van der Waals surface area contributed by atoms with Gasteiger partial charge in [-0.3, -0.25) is 4.79 Å². The van der Waals surface area contributed by atoms with Crippen LogP contribution in [-0.4, -0.2) is 44.2 Å². The van der Waals surface area contributed by atoms with Crippen molar-refractivity contribution in [2.24, 2.45) is 5.73 Å². The molecule has 0 spiro atoms. The van der Waals surface area contributed by atoms with E-state index < -0.39 is 0 Å². The number of aryl methyl sites for hydroxylation is 1. The maximum absolute atomic E-state index is 13.1. The number of rotatable bonds is 6. The molecule has 1 aromatic rings. The summed E-state index contributed by atoms with van der Waals surface area (Å²) in [5.41, 5.74) is 6.41. The minimum absolute atomic E-state index is 0.152. The van der Waals surface area contributed by atoms with Crippen molar-refractivity contribution in [1.82, 2.24) is 4.90 Å². The van der Waals surface area contributed by atoms with Gasteiger partial charge in [0.1, 0.15) is 5.82 Å². The molecule has 100 valence electrons. The van der Waals surface area contributed by atoms with Crippen molar-refractivity contribution >= 4 is 5.91 Å². The van der Waals surface area contributed by atoms with Crippen molar-refractivity contribution in [2.45, 2.75) is 6.92 Å². The minimum Gasteiger partial charge on any atom is -0.383 e. The maximum Gasteiger partial charge on any atom is 0.253 e. The highest BCUT2D eigenvalue weighted by atomic mass is 19.1. The third kappa shape index (κ3) is 3.78. The molecule has 18 heavy (non-hydrogen) atoms. The maximum atomic E-state index is 13.1. The highest BCUT2D eigenvalue weighted by Gasteiger charge is 2.15. The molecule has 0 unspecified atom stereocenters. The van der Waals surface area contributed by atoms with Crippen LogP contribution in [0.5, 0.6) is 0 Å². The lowest BCUT2D eigenvalue weighted by molar-refractivity contribution is 0.0701. The fraction of sp³-hybridized carbons (Fsp3) is 0.462. The van der Waals surface area contributed by atoms with Gasteiger partial charge < -0.3 is 15.4 Å². The second kappa shape index (κ2) is 7.08. The molecule has 0 radical (unpaired) electrons. The first-order chi connectivity index (χ1) is 8.60. The van der Waals surface area contributed by atoms with Crippen molar-refractivity contribution in [3.8, 4) is 0 Å². The Kier molecular flexibility index (Phi) is 5.74. The molecule has 0 saturated carbocycles. The first-order valence-electron chi connectivity index (χ1n) is 5.84. The molecule has 0 fully saturated rings. The highest BCUT2D eigenvalue weighted by Crippen LogP contribution is 2.11. The van der Waals surface area contributed by atoms with Crippen molar-refractivity contribution in [3.05, 3.63) is 35.1 Å². The second-order valence-electron chi connectivity index (χ2n) is 4.04. The summed E-state index contributed by atoms with van der Waals surface area (Å²) in [5.74, 6) is -0.464. The van der Waals surface area contributed by atoms with E-state index in [0.717, 1.165) is 0 Å². The minimum atomic E-state index is -0.311. The quantitative estimate of drug-likeness (QED) is 0.829. The Morgan fingerprint density at radius 1 is 1.44 bits per heavy atom. The van der Waals surface area contributed by atoms with E-state index in [4.69, 9.17) is 10.5 Å². The number of hydrogen-bond acceptors (Lipinski definition) is 3. The summed E-state index contributed by atoms with van der Waals surface area (Å²) in [4.78, 5) is 13.8. The number of carbonyl (C=O) groups excluding carboxylic acids is 1. The van der Waals surface area contributed by atoms with Crippen LogP contribution in [-0.2, 0) is 4.74 Å². The Balaban J connectivity index is 2.83. The molecule has 2 N–H and O–H groups in total. The van der Waals surface area contributed by atoms with Gasteiger partial charge in [0.15, 0.2) is 0 Å². The van der Waals surface area contributed by atoms with Gasteiger partial charge in [0.2, 0.25) is 0 Å². The zero-order valence-corrected chi connectivity index (χ0v) is 10.8. The zero-order chi connectivity index (χ0) is 13.5. The van der Waals surface area contributed by atoms with E-state index in [-0.39, 0.29) is 11.7 Å². The molecule has 0 heterocycles. The van der Waals surface area contributed by atoms with E-state index in [1.54, 1.807) is 25.0 Å². The van der Waals surface area contributed by atoms with Crippen LogP contribution < -0.4 is 5.73 Å². The number of carbonyl (C=O) groups is 1. The van der Waals surface area contributed by atoms with Crippen molar-refractivity contribution in [3.63, 3.8) is 0 Å². The topological polar surface area (TPSA) is 55.6 Å². The van der Waals surface area contributed by atoms with Gasteiger partial charge in [-0.15, -0.1) is 0 Å². The first-order valence-corrected chi connectivity index (χ1v) is 5.84. The van der Waals surface area contributed by atoms with Crippen LogP contribution in [0, 0.1) is 12.7 Å². The Bertz CT molecular complexity index is 410. The molecular weight excluding hydrogens is 235 g/mol. The average molecular weight is 254 g/mol. The van der Waals surface area contributed by atoms with Gasteiger partial charge in [0.05, 0.1) is 6.61 Å². The van der Waals surface area contributed by atoms with Crippen LogP contribution in [0.25, 0.3) is 0 Å². The Morgan fingerprint density at radius 3 is 2.72 bits per heavy atom. The Morgan fingerprint density at radius 2 is 2.17 bits per heavy atom. The van der Waals surface area contributed by atoms with Crippen molar-refractivity contribution in [1.29, 1.82) is 0 Å². The van der Waals surface area contributed by atoms with Gasteiger partial charge in [-0.05, 0) is 30.7 Å². The molecule has 4 nitrogen and oxygen atoms in total. The van der Waals surface area contributed by atoms with Crippen LogP contribution in [0.2, 0.25) is 0 Å². The van der Waals surface area contributed by atoms with Crippen LogP contribution in [0.3, 0.4) is 0 Å². The third-order valence-electron chi connectivity index (χ3n) is 2.66. The summed E-state index contributed by atoms with van der Waals surface area (Å²) < 4.78 is 18.1. The van der Waals surface area contributed by atoms with Gasteiger partial charge in [-0.2, -0.15) is 0 Å². The summed E-state index contributed by atoms with van der Waals surface area (Å²) >= 11 is 0. The molecule has 0 aliphatic carbocycles. The first kappa shape index (κ1) is 14.6. The fourth-order valence-electron chi connectivity index (χ4n) is 1.63. The number of nitrogens with zero attached hydrogens (tertiary/aromatic N) is 1. The standard InChI is InChI=1S/C13H19FN2O2/c1-10-9-11(3-4-12(10)14)13(17)16(6-5-15)7-8-18-2/h3-4,9H,5-8,15H2,1-2H3. The summed E-state index contributed by atoms with van der Waals surface area (Å²) in [7, 11) is 1.58. The summed E-state index contributed by atoms with van der Waals surface area (Å²) in [6, 6.07) is 4.34. The summed E-state index contributed by atoms with van der Waals surface area (Å²) in [6.45, 7) is 3.40. The lowest BCUT2D eigenvalue weighted by atomic mass is 10.1. The molecule has 0 aliphatic rings. The zero-order valence-electron chi connectivity index (χ0n) is 10.8. The number of nitrogens with two attached hydrogens (primary N) is 1. The van der Waals surface area contributed by atoms with Crippen LogP contribution in [0.4, 0.5) is 4.39 Å². The van der Waals surface area contributed by atoms with Crippen LogP contribution >= 0.6 is 0 Å². The lowest BCUT2D eigenvalue weighted by Gasteiger charge is -2.21. The predicted molar refractivity (Wildman–Crippen MR) is 68.0 cm³/mol. The van der Waals surface area contributed by atoms with Gasteiger partial charge in [-0.1, -0.05) is 0 Å². The molecule has 0 aliphatic heterocycles. The normalized spacial score (nSPS) is 10.4. The van der Waals surface area contributed by atoms with Gasteiger partial charge in [0.25, 0.3) is 5.91 Å². The molecular formula is C13H19FN2O2. The van der Waals surface area contributed by atoms with E-state index in [9.17, 15) is 9.18 Å². The van der Waals surface area contributed by atoms with Crippen molar-refractivity contribution < 1.29 is 13.9 Å². The van der Waals surface area contributed by atoms with E-state index >= 15 is 0 Å². The molecule has 0 saturated heterocycles. The molecule has 0 aromatic heterocycles. The molecule has 5 heteroatoms. The monoisotopic (exact) mass is 254 g/mol. The number of hydrogen-bond donors (Lipinski definition) is 1. The van der Waals surface area contributed by atoms with Gasteiger partial charge >= 0.3 is 0 Å². The average Bonchev–Trinajstić information content (AvgIpc) is 2.37. The van der Waals surface area contributed by atoms with E-state index in [1.165, 1.54) is 12.1 Å². The number of amides is 1. The third-order valence-corrected chi connectivity index (χ3v) is 2.66. The van der Waals surface area contributed by atoms with Gasteiger partial charge in [-0.25, -0.2) is 4.39 Å². The van der Waals surface area contributed by atoms with E-state index in [0.29, 0.717) is 37.4 Å². The van der Waals surface area contributed by atoms with Crippen molar-refractivity contribution in [2.75, 3.05) is 33.4 Å². The number of benzene rings is 1. The molecule has 0 atom stereocenters. The predicted octanol–water partition coefficient (Wildman–Crippen LogP) is 1.18. The number of halogens is 1. The van der Waals surface area contributed by atoms with E-state index in [1.807, 2.05) is 0 Å². The molecule has 1 rings (SSSR count). The number of methoxy groups -OCH3 is 1. The van der Waals surface area contributed by atoms with Crippen LogP contribution in [0.1, 0.15) is 15.9 Å². The highest BCUT2D eigenvalue weighted by molar-refractivity contribution is 5.94. The van der Waals surface area contributed by atoms with Crippen LogP contribution in [0.15, 0.2) is 18.2 Å². The molecule has 1 aromatic carbocycles. The Labute approximate surface area is 107 Å². The second-order valence-corrected chi connectivity index (χ2v) is 4.04. The fourth-order valence-corrected chi connectivity index (χ4v) is 1.63. The van der Waals surface area contributed by atoms with E-state index in [2.05, 4.69) is 0 Å². The Hall–Kier alpha value is -1.46. The SMILES string of the molecule is COCCN(CCN)C(=O)c1ccc(F)c(C)c1. The summed E-state index contributed by atoms with van der Waals surface area (Å²) in [6.07, 6.45) is 0. The number of ether oxygens (including phenoxy) is 1. The largest absolute Gasteiger partial charge is 0.383 e. The molecule has 0 bridgehead atoms. The van der Waals surface area contributed by atoms with Gasteiger partial charge in [0, 0.05) is 32.3 Å². The lowest BCUT2D eigenvalue weighted by Crippen LogP contribution is -2.37.